The summed E-state index contributed by atoms with van der Waals surface area (Å²) in [6.07, 6.45) is 14.0. The minimum absolute atomic E-state index is 0.0448. The smallest absolute Gasteiger partial charge is 0.0594 e. The van der Waals surface area contributed by atoms with E-state index < -0.39 is 0 Å². The Bertz CT molecular complexity index is 758. The third-order valence-electron chi connectivity index (χ3n) is 11.7. The average Bonchev–Trinajstić information content (AvgIpc) is 2.96. The van der Waals surface area contributed by atoms with Gasteiger partial charge in [-0.1, -0.05) is 64.7 Å². The highest BCUT2D eigenvalue weighted by molar-refractivity contribution is 5.38. The third-order valence-corrected chi connectivity index (χ3v) is 11.7. The highest BCUT2D eigenvalue weighted by atomic mass is 16.3. The number of aliphatic hydroxyl groups excluding tert-OH is 1. The SMILES string of the molecule is C=C(C)CCC[C@H](C)[C@H]1CC[C@@]2(C)C3=C(CC[C@]12C)[C@@]1(C)CC[C@H](O)C(C)(C)[C@@H]1CC3. The summed E-state index contributed by atoms with van der Waals surface area (Å²) in [5, 5.41) is 10.8. The molecule has 0 unspecified atom stereocenters. The minimum Gasteiger partial charge on any atom is -0.393 e. The van der Waals surface area contributed by atoms with Crippen molar-refractivity contribution in [2.45, 2.75) is 125 Å². The molecule has 0 aromatic rings. The second kappa shape index (κ2) is 7.75. The zero-order valence-electron chi connectivity index (χ0n) is 21.7. The lowest BCUT2D eigenvalue weighted by atomic mass is 9.43. The molecule has 0 bridgehead atoms. The van der Waals surface area contributed by atoms with Crippen molar-refractivity contribution in [2.75, 3.05) is 0 Å². The Kier molecular flexibility index (Phi) is 5.90. The van der Waals surface area contributed by atoms with Crippen molar-refractivity contribution in [3.8, 4) is 0 Å². The molecule has 0 amide bonds. The molecule has 1 N–H and O–H groups in total. The van der Waals surface area contributed by atoms with Crippen LogP contribution in [0.2, 0.25) is 0 Å². The first-order valence-electron chi connectivity index (χ1n) is 13.4. The van der Waals surface area contributed by atoms with Crippen LogP contribution in [0, 0.1) is 39.4 Å². The zero-order valence-corrected chi connectivity index (χ0v) is 21.7. The summed E-state index contributed by atoms with van der Waals surface area (Å²) in [5.74, 6) is 2.32. The van der Waals surface area contributed by atoms with Crippen molar-refractivity contribution in [1.82, 2.24) is 0 Å². The molecule has 0 aromatic heterocycles. The number of allylic oxidation sites excluding steroid dienone is 3. The van der Waals surface area contributed by atoms with Crippen LogP contribution in [0.1, 0.15) is 119 Å². The van der Waals surface area contributed by atoms with Gasteiger partial charge in [0.25, 0.3) is 0 Å². The summed E-state index contributed by atoms with van der Waals surface area (Å²) >= 11 is 0. The molecule has 0 saturated heterocycles. The molecule has 0 spiro atoms. The van der Waals surface area contributed by atoms with Crippen molar-refractivity contribution in [1.29, 1.82) is 0 Å². The molecular weight excluding hydrogens is 376 g/mol. The largest absolute Gasteiger partial charge is 0.393 e. The Morgan fingerprint density at radius 3 is 2.39 bits per heavy atom. The maximum absolute atomic E-state index is 10.8. The Morgan fingerprint density at radius 1 is 1.00 bits per heavy atom. The monoisotopic (exact) mass is 426 g/mol. The molecule has 4 aliphatic carbocycles. The predicted molar refractivity (Wildman–Crippen MR) is 133 cm³/mol. The van der Waals surface area contributed by atoms with Crippen LogP contribution < -0.4 is 0 Å². The van der Waals surface area contributed by atoms with E-state index in [4.69, 9.17) is 0 Å². The molecule has 0 aromatic carbocycles. The summed E-state index contributed by atoms with van der Waals surface area (Å²) in [6.45, 7) is 21.5. The molecule has 2 fully saturated rings. The van der Waals surface area contributed by atoms with Crippen molar-refractivity contribution in [3.05, 3.63) is 23.3 Å². The van der Waals surface area contributed by atoms with Crippen LogP contribution in [0.4, 0.5) is 0 Å². The van der Waals surface area contributed by atoms with Crippen LogP contribution in [0.3, 0.4) is 0 Å². The van der Waals surface area contributed by atoms with E-state index in [2.05, 4.69) is 55.0 Å². The Morgan fingerprint density at radius 2 is 1.71 bits per heavy atom. The van der Waals surface area contributed by atoms with Crippen molar-refractivity contribution in [2.24, 2.45) is 39.4 Å². The maximum atomic E-state index is 10.8. The standard InChI is InChI=1S/C30H50O/c1-20(2)10-9-11-21(3)22-14-18-30(8)24-12-13-25-27(4,5)26(31)16-17-28(25,6)23(24)15-19-29(22,30)7/h21-22,25-26,31H,1,9-19H2,2-8H3/t21-,22+,25-,26-,28+,29+,30-/m0/s1. The fourth-order valence-electron chi connectivity index (χ4n) is 9.56. The van der Waals surface area contributed by atoms with Gasteiger partial charge in [0.1, 0.15) is 0 Å². The molecule has 4 rings (SSSR count). The van der Waals surface area contributed by atoms with Crippen LogP contribution in [0.5, 0.6) is 0 Å². The molecule has 1 nitrogen and oxygen atoms in total. The molecule has 0 aliphatic heterocycles. The van der Waals surface area contributed by atoms with E-state index in [9.17, 15) is 5.11 Å². The summed E-state index contributed by atoms with van der Waals surface area (Å²) in [7, 11) is 0. The normalized spacial score (nSPS) is 45.0. The van der Waals surface area contributed by atoms with Gasteiger partial charge in [0.05, 0.1) is 6.10 Å². The van der Waals surface area contributed by atoms with Gasteiger partial charge in [-0.15, -0.1) is 6.58 Å². The summed E-state index contributed by atoms with van der Waals surface area (Å²) in [6, 6.07) is 0. The maximum Gasteiger partial charge on any atom is 0.0594 e. The number of hydrogen-bond acceptors (Lipinski definition) is 1. The van der Waals surface area contributed by atoms with Crippen LogP contribution in [0.15, 0.2) is 23.3 Å². The first-order valence-corrected chi connectivity index (χ1v) is 13.4. The molecule has 0 heterocycles. The van der Waals surface area contributed by atoms with Gasteiger partial charge in [-0.05, 0) is 111 Å². The molecule has 4 aliphatic rings. The van der Waals surface area contributed by atoms with Crippen LogP contribution in [0.25, 0.3) is 0 Å². The van der Waals surface area contributed by atoms with E-state index in [1.807, 2.05) is 11.1 Å². The minimum atomic E-state index is -0.131. The summed E-state index contributed by atoms with van der Waals surface area (Å²) < 4.78 is 0. The van der Waals surface area contributed by atoms with E-state index in [1.165, 1.54) is 69.8 Å². The van der Waals surface area contributed by atoms with Gasteiger partial charge in [0.2, 0.25) is 0 Å². The Hall–Kier alpha value is -0.560. The first-order chi connectivity index (χ1) is 14.4. The van der Waals surface area contributed by atoms with E-state index in [-0.39, 0.29) is 11.5 Å². The van der Waals surface area contributed by atoms with Crippen LogP contribution in [-0.4, -0.2) is 11.2 Å². The third kappa shape index (κ3) is 3.34. The quantitative estimate of drug-likeness (QED) is 0.437. The fraction of sp³-hybridized carbons (Fsp3) is 0.867. The highest BCUT2D eigenvalue weighted by Gasteiger charge is 2.63. The van der Waals surface area contributed by atoms with Crippen LogP contribution in [-0.2, 0) is 0 Å². The molecule has 0 radical (unpaired) electrons. The van der Waals surface area contributed by atoms with E-state index in [1.54, 1.807) is 0 Å². The fourth-order valence-corrected chi connectivity index (χ4v) is 9.56. The molecule has 2 saturated carbocycles. The lowest BCUT2D eigenvalue weighted by Crippen LogP contribution is -2.55. The van der Waals surface area contributed by atoms with Gasteiger partial charge >= 0.3 is 0 Å². The number of fused-ring (bicyclic) bond motifs is 4. The lowest BCUT2D eigenvalue weighted by molar-refractivity contribution is -0.0962. The summed E-state index contributed by atoms with van der Waals surface area (Å²) in [4.78, 5) is 0. The van der Waals surface area contributed by atoms with Crippen molar-refractivity contribution in [3.63, 3.8) is 0 Å². The van der Waals surface area contributed by atoms with E-state index >= 15 is 0 Å². The summed E-state index contributed by atoms with van der Waals surface area (Å²) in [5.41, 5.74) is 6.27. The van der Waals surface area contributed by atoms with Gasteiger partial charge in [0, 0.05) is 0 Å². The molecule has 7 atom stereocenters. The predicted octanol–water partition coefficient (Wildman–Crippen LogP) is 8.48. The molecular formula is C30H50O. The van der Waals surface area contributed by atoms with Gasteiger partial charge in [-0.2, -0.15) is 0 Å². The van der Waals surface area contributed by atoms with Gasteiger partial charge in [-0.25, -0.2) is 0 Å². The second-order valence-corrected chi connectivity index (χ2v) is 13.6. The van der Waals surface area contributed by atoms with E-state index in [0.717, 1.165) is 18.3 Å². The number of aliphatic hydroxyl groups is 1. The Labute approximate surface area is 193 Å². The van der Waals surface area contributed by atoms with Gasteiger partial charge in [-0.3, -0.25) is 0 Å². The van der Waals surface area contributed by atoms with Crippen molar-refractivity contribution >= 4 is 0 Å². The van der Waals surface area contributed by atoms with Gasteiger partial charge < -0.3 is 5.11 Å². The second-order valence-electron chi connectivity index (χ2n) is 13.6. The molecule has 1 heteroatoms. The molecule has 31 heavy (non-hydrogen) atoms. The van der Waals surface area contributed by atoms with Crippen molar-refractivity contribution < 1.29 is 5.11 Å². The topological polar surface area (TPSA) is 20.2 Å². The number of rotatable bonds is 5. The Balaban J connectivity index is 1.63. The van der Waals surface area contributed by atoms with Crippen LogP contribution >= 0.6 is 0 Å². The van der Waals surface area contributed by atoms with Gasteiger partial charge in [0.15, 0.2) is 0 Å². The molecule has 176 valence electrons. The number of hydrogen-bond donors (Lipinski definition) is 1. The van der Waals surface area contributed by atoms with E-state index in [0.29, 0.717) is 22.2 Å². The lowest BCUT2D eigenvalue weighted by Gasteiger charge is -2.62. The average molecular weight is 427 g/mol. The zero-order chi connectivity index (χ0) is 22.8. The highest BCUT2D eigenvalue weighted by Crippen LogP contribution is 2.72. The first kappa shape index (κ1) is 23.6.